The van der Waals surface area contributed by atoms with Crippen molar-refractivity contribution in [2.24, 2.45) is 0 Å². The highest BCUT2D eigenvalue weighted by atomic mass is 35.5. The Labute approximate surface area is 159 Å². The highest BCUT2D eigenvalue weighted by Gasteiger charge is 2.25. The van der Waals surface area contributed by atoms with Crippen molar-refractivity contribution >= 4 is 23.3 Å². The number of Topliss-reactive ketones (excluding diaryl/α,β-unsaturated/α-hetero) is 1. The molecule has 1 aromatic rings. The number of carbonyl (C=O) groups is 2. The van der Waals surface area contributed by atoms with E-state index in [9.17, 15) is 19.8 Å². The van der Waals surface area contributed by atoms with Gasteiger partial charge in [-0.2, -0.15) is 0 Å². The molecule has 5 nitrogen and oxygen atoms in total. The molecule has 1 aliphatic rings. The number of phenolic OH excluding ortho intramolecular Hbond substituents is 2. The summed E-state index contributed by atoms with van der Waals surface area (Å²) in [7, 11) is 1.64. The molecule has 0 radical (unpaired) electrons. The van der Waals surface area contributed by atoms with E-state index in [1.165, 1.54) is 4.90 Å². The first-order valence-electron chi connectivity index (χ1n) is 9.07. The maximum atomic E-state index is 12.8. The zero-order valence-electron chi connectivity index (χ0n) is 15.1. The molecule has 2 rings (SSSR count). The number of fused-ring (bicyclic) bond motifs is 1. The summed E-state index contributed by atoms with van der Waals surface area (Å²) >= 11 is 6.17. The number of phenols is 2. The molecule has 0 atom stereocenters. The molecular weight excluding hydrogens is 354 g/mol. The van der Waals surface area contributed by atoms with E-state index in [0.717, 1.165) is 38.2 Å². The fourth-order valence-electron chi connectivity index (χ4n) is 3.11. The van der Waals surface area contributed by atoms with E-state index in [0.29, 0.717) is 19.4 Å². The number of aromatic hydroxyl groups is 2. The van der Waals surface area contributed by atoms with Gasteiger partial charge in [0.05, 0.1) is 10.6 Å². The number of hydrogen-bond donors (Lipinski definition) is 2. The lowest BCUT2D eigenvalue weighted by molar-refractivity contribution is -0.118. The van der Waals surface area contributed by atoms with Crippen molar-refractivity contribution in [1.29, 1.82) is 0 Å². The van der Waals surface area contributed by atoms with Gasteiger partial charge in [-0.25, -0.2) is 0 Å². The molecule has 0 saturated carbocycles. The first kappa shape index (κ1) is 20.3. The predicted octanol–water partition coefficient (Wildman–Crippen LogP) is 4.24. The van der Waals surface area contributed by atoms with Crippen molar-refractivity contribution in [3.8, 4) is 11.5 Å². The van der Waals surface area contributed by atoms with Gasteiger partial charge in [0, 0.05) is 32.5 Å². The Balaban J connectivity index is 2.37. The molecule has 1 aromatic carbocycles. The quantitative estimate of drug-likeness (QED) is 0.661. The van der Waals surface area contributed by atoms with Crippen LogP contribution in [0.3, 0.4) is 0 Å². The van der Waals surface area contributed by atoms with Crippen molar-refractivity contribution < 1.29 is 19.8 Å². The average Bonchev–Trinajstić information content (AvgIpc) is 2.59. The van der Waals surface area contributed by atoms with E-state index in [2.05, 4.69) is 12.2 Å². The van der Waals surface area contributed by atoms with E-state index >= 15 is 0 Å². The molecule has 0 fully saturated rings. The van der Waals surface area contributed by atoms with Gasteiger partial charge in [0.1, 0.15) is 17.3 Å². The third-order valence-corrected chi connectivity index (χ3v) is 5.05. The van der Waals surface area contributed by atoms with Gasteiger partial charge in [-0.1, -0.05) is 36.6 Å². The Morgan fingerprint density at radius 3 is 2.46 bits per heavy atom. The van der Waals surface area contributed by atoms with Crippen molar-refractivity contribution in [2.75, 3.05) is 13.6 Å². The number of carbonyl (C=O) groups excluding carboxylic acids is 2. The summed E-state index contributed by atoms with van der Waals surface area (Å²) in [6.07, 6.45) is 10.2. The third-order valence-electron chi connectivity index (χ3n) is 4.63. The third kappa shape index (κ3) is 5.24. The standard InChI is InChI=1S/C20H26ClNO4/c1-22-11-9-7-5-3-2-4-6-8-10-14(23)12-15-18(20(22)26)16(24)13-17(25)19(15)21/h5,7,13,24-25H,2-4,6,8-12H2,1H3/b7-5+. The number of nitrogens with zero attached hydrogens (tertiary/aromatic N) is 1. The van der Waals surface area contributed by atoms with Gasteiger partial charge in [0.15, 0.2) is 0 Å². The lowest BCUT2D eigenvalue weighted by atomic mass is 9.97. The smallest absolute Gasteiger partial charge is 0.257 e. The van der Waals surface area contributed by atoms with Gasteiger partial charge in [-0.05, 0) is 31.2 Å². The second-order valence-electron chi connectivity index (χ2n) is 6.74. The second kappa shape index (κ2) is 9.62. The summed E-state index contributed by atoms with van der Waals surface area (Å²) in [5, 5.41) is 20.1. The van der Waals surface area contributed by atoms with Gasteiger partial charge in [-0.3, -0.25) is 9.59 Å². The maximum Gasteiger partial charge on any atom is 0.257 e. The highest BCUT2D eigenvalue weighted by Crippen LogP contribution is 2.37. The van der Waals surface area contributed by atoms with Crippen LogP contribution < -0.4 is 0 Å². The zero-order chi connectivity index (χ0) is 19.1. The molecule has 26 heavy (non-hydrogen) atoms. The van der Waals surface area contributed by atoms with Gasteiger partial charge < -0.3 is 15.1 Å². The summed E-state index contributed by atoms with van der Waals surface area (Å²) in [6, 6.07) is 1.05. The van der Waals surface area contributed by atoms with Crippen LogP contribution in [0.1, 0.15) is 60.9 Å². The molecule has 142 valence electrons. The number of benzene rings is 1. The summed E-state index contributed by atoms with van der Waals surface area (Å²) in [6.45, 7) is 0.487. The second-order valence-corrected chi connectivity index (χ2v) is 7.12. The molecule has 1 aliphatic heterocycles. The van der Waals surface area contributed by atoms with E-state index in [1.807, 2.05) is 0 Å². The Kier molecular flexibility index (Phi) is 7.51. The molecule has 0 aliphatic carbocycles. The number of amides is 1. The summed E-state index contributed by atoms with van der Waals surface area (Å²) in [5.41, 5.74) is 0.202. The molecule has 1 heterocycles. The molecule has 0 bridgehead atoms. The Morgan fingerprint density at radius 2 is 1.69 bits per heavy atom. The Bertz CT molecular complexity index is 700. The van der Waals surface area contributed by atoms with E-state index in [1.54, 1.807) is 7.05 Å². The lowest BCUT2D eigenvalue weighted by Gasteiger charge is -2.20. The fourth-order valence-corrected chi connectivity index (χ4v) is 3.32. The topological polar surface area (TPSA) is 77.8 Å². The molecule has 1 amide bonds. The van der Waals surface area contributed by atoms with Crippen molar-refractivity contribution in [3.63, 3.8) is 0 Å². The lowest BCUT2D eigenvalue weighted by Crippen LogP contribution is -2.29. The van der Waals surface area contributed by atoms with E-state index in [-0.39, 0.29) is 39.9 Å². The van der Waals surface area contributed by atoms with Gasteiger partial charge >= 0.3 is 0 Å². The number of hydrogen-bond acceptors (Lipinski definition) is 4. The monoisotopic (exact) mass is 379 g/mol. The summed E-state index contributed by atoms with van der Waals surface area (Å²) in [5.74, 6) is -1.15. The average molecular weight is 380 g/mol. The Hall–Kier alpha value is -2.01. The molecule has 0 unspecified atom stereocenters. The van der Waals surface area contributed by atoms with Crippen LogP contribution in [0.25, 0.3) is 0 Å². The van der Waals surface area contributed by atoms with Gasteiger partial charge in [0.25, 0.3) is 5.91 Å². The van der Waals surface area contributed by atoms with Gasteiger partial charge in [-0.15, -0.1) is 0 Å². The molecule has 0 saturated heterocycles. The van der Waals surface area contributed by atoms with Crippen molar-refractivity contribution in [1.82, 2.24) is 4.90 Å². The van der Waals surface area contributed by atoms with Crippen LogP contribution in [0.5, 0.6) is 11.5 Å². The van der Waals surface area contributed by atoms with E-state index < -0.39 is 5.91 Å². The van der Waals surface area contributed by atoms with Crippen LogP contribution in [0.15, 0.2) is 18.2 Å². The van der Waals surface area contributed by atoms with Crippen LogP contribution in [-0.2, 0) is 11.2 Å². The normalized spacial score (nSPS) is 19.2. The SMILES string of the molecule is CN1CC/C=C/CCCCCCC(=O)Cc2c(Cl)c(O)cc(O)c2C1=O. The Morgan fingerprint density at radius 1 is 1.00 bits per heavy atom. The van der Waals surface area contributed by atoms with Crippen LogP contribution in [0.4, 0.5) is 0 Å². The molecule has 6 heteroatoms. The minimum absolute atomic E-state index is 0.000256. The molecule has 2 N–H and O–H groups in total. The molecular formula is C20H26ClNO4. The van der Waals surface area contributed by atoms with Crippen LogP contribution in [0, 0.1) is 0 Å². The number of allylic oxidation sites excluding steroid dienone is 1. The first-order chi connectivity index (χ1) is 12.4. The summed E-state index contributed by atoms with van der Waals surface area (Å²) < 4.78 is 0. The van der Waals surface area contributed by atoms with Crippen LogP contribution in [-0.4, -0.2) is 40.4 Å². The predicted molar refractivity (Wildman–Crippen MR) is 102 cm³/mol. The van der Waals surface area contributed by atoms with Crippen LogP contribution in [0.2, 0.25) is 5.02 Å². The highest BCUT2D eigenvalue weighted by molar-refractivity contribution is 6.33. The minimum atomic E-state index is -0.410. The maximum absolute atomic E-state index is 12.8. The zero-order valence-corrected chi connectivity index (χ0v) is 15.9. The first-order valence-corrected chi connectivity index (χ1v) is 9.45. The number of rotatable bonds is 0. The minimum Gasteiger partial charge on any atom is -0.507 e. The van der Waals surface area contributed by atoms with Crippen molar-refractivity contribution in [2.45, 2.75) is 51.4 Å². The van der Waals surface area contributed by atoms with E-state index in [4.69, 9.17) is 11.6 Å². The number of ketones is 1. The molecule has 0 aromatic heterocycles. The van der Waals surface area contributed by atoms with Crippen LogP contribution >= 0.6 is 11.6 Å². The summed E-state index contributed by atoms with van der Waals surface area (Å²) in [4.78, 5) is 26.6. The largest absolute Gasteiger partial charge is 0.507 e. The van der Waals surface area contributed by atoms with Crippen molar-refractivity contribution in [3.05, 3.63) is 34.4 Å². The molecule has 0 spiro atoms. The number of halogens is 1. The fraction of sp³-hybridized carbons (Fsp3) is 0.500. The van der Waals surface area contributed by atoms with Gasteiger partial charge in [0.2, 0.25) is 0 Å².